The normalized spacial score (nSPS) is 27.5. The molecule has 118 valence electrons. The van der Waals surface area contributed by atoms with Crippen LogP contribution >= 0.6 is 0 Å². The molecule has 5 nitrogen and oxygen atoms in total. The average Bonchev–Trinajstić information content (AvgIpc) is 2.83. The highest BCUT2D eigenvalue weighted by Crippen LogP contribution is 2.17. The molecule has 2 aliphatic rings. The van der Waals surface area contributed by atoms with Gasteiger partial charge in [0.25, 0.3) is 0 Å². The molecule has 2 aliphatic heterocycles. The molecular weight excluding hydrogens is 278 g/mol. The van der Waals surface area contributed by atoms with Gasteiger partial charge in [-0.2, -0.15) is 5.26 Å². The van der Waals surface area contributed by atoms with Gasteiger partial charge in [0.2, 0.25) is 0 Å². The fourth-order valence-corrected chi connectivity index (χ4v) is 3.36. The molecule has 2 fully saturated rings. The first-order chi connectivity index (χ1) is 10.8. The van der Waals surface area contributed by atoms with Gasteiger partial charge >= 0.3 is 0 Å². The molecule has 0 bridgehead atoms. The first-order valence-corrected chi connectivity index (χ1v) is 7.97. The van der Waals surface area contributed by atoms with E-state index in [1.165, 1.54) is 5.56 Å². The maximum absolute atomic E-state index is 9.98. The Labute approximate surface area is 131 Å². The molecule has 0 saturated carbocycles. The molecule has 0 amide bonds. The van der Waals surface area contributed by atoms with Gasteiger partial charge in [-0.1, -0.05) is 12.1 Å². The summed E-state index contributed by atoms with van der Waals surface area (Å²) < 4.78 is 5.38. The van der Waals surface area contributed by atoms with E-state index in [-0.39, 0.29) is 12.1 Å². The average molecular weight is 301 g/mol. The molecule has 0 radical (unpaired) electrons. The lowest BCUT2D eigenvalue weighted by Crippen LogP contribution is -2.44. The Bertz CT molecular complexity index is 543. The number of ether oxygens (including phenoxy) is 1. The maximum Gasteiger partial charge on any atom is 0.0991 e. The smallest absolute Gasteiger partial charge is 0.0991 e. The van der Waals surface area contributed by atoms with Crippen molar-refractivity contribution in [2.24, 2.45) is 0 Å². The van der Waals surface area contributed by atoms with Gasteiger partial charge in [-0.15, -0.1) is 0 Å². The highest BCUT2D eigenvalue weighted by atomic mass is 16.5. The summed E-state index contributed by atoms with van der Waals surface area (Å²) in [5.74, 6) is 0. The largest absolute Gasteiger partial charge is 0.389 e. The molecule has 3 rings (SSSR count). The van der Waals surface area contributed by atoms with Crippen LogP contribution in [0.3, 0.4) is 0 Å². The van der Waals surface area contributed by atoms with E-state index in [0.717, 1.165) is 44.7 Å². The molecule has 0 spiro atoms. The molecule has 2 saturated heterocycles. The van der Waals surface area contributed by atoms with Gasteiger partial charge in [-0.05, 0) is 37.2 Å². The second kappa shape index (κ2) is 7.21. The van der Waals surface area contributed by atoms with Gasteiger partial charge in [-0.3, -0.25) is 9.80 Å². The van der Waals surface area contributed by atoms with Gasteiger partial charge in [0.05, 0.1) is 37.0 Å². The summed E-state index contributed by atoms with van der Waals surface area (Å²) in [5.41, 5.74) is 1.91. The number of hydrogen-bond donors (Lipinski definition) is 1. The van der Waals surface area contributed by atoms with Gasteiger partial charge in [0.15, 0.2) is 0 Å². The predicted molar refractivity (Wildman–Crippen MR) is 83.2 cm³/mol. The van der Waals surface area contributed by atoms with E-state index in [1.54, 1.807) is 0 Å². The van der Waals surface area contributed by atoms with E-state index < -0.39 is 0 Å². The summed E-state index contributed by atoms with van der Waals surface area (Å²) in [7, 11) is 0. The lowest BCUT2D eigenvalue weighted by molar-refractivity contribution is 0.0837. The van der Waals surface area contributed by atoms with Crippen LogP contribution in [0, 0.1) is 11.3 Å². The zero-order chi connectivity index (χ0) is 15.4. The van der Waals surface area contributed by atoms with E-state index in [0.29, 0.717) is 13.2 Å². The zero-order valence-electron chi connectivity index (χ0n) is 12.8. The predicted octanol–water partition coefficient (Wildman–Crippen LogP) is 0.826. The number of nitrogens with zero attached hydrogens (tertiary/aromatic N) is 3. The Morgan fingerprint density at radius 1 is 1.23 bits per heavy atom. The Hall–Kier alpha value is -1.45. The van der Waals surface area contributed by atoms with Crippen LogP contribution < -0.4 is 0 Å². The highest BCUT2D eigenvalue weighted by Gasteiger charge is 2.32. The van der Waals surface area contributed by atoms with Gasteiger partial charge in [-0.25, -0.2) is 0 Å². The molecule has 22 heavy (non-hydrogen) atoms. The van der Waals surface area contributed by atoms with Crippen molar-refractivity contribution in [1.82, 2.24) is 9.80 Å². The number of nitriles is 1. The van der Waals surface area contributed by atoms with Crippen molar-refractivity contribution in [2.75, 3.05) is 39.4 Å². The molecule has 2 atom stereocenters. The lowest BCUT2D eigenvalue weighted by atomic mass is 10.1. The molecule has 0 aliphatic carbocycles. The van der Waals surface area contributed by atoms with E-state index >= 15 is 0 Å². The molecule has 1 aromatic carbocycles. The lowest BCUT2D eigenvalue weighted by Gasteiger charge is -2.28. The van der Waals surface area contributed by atoms with Crippen molar-refractivity contribution in [3.8, 4) is 6.07 Å². The van der Waals surface area contributed by atoms with Crippen LogP contribution in [0.1, 0.15) is 17.5 Å². The van der Waals surface area contributed by atoms with Crippen molar-refractivity contribution in [3.05, 3.63) is 35.4 Å². The fraction of sp³-hybridized carbons (Fsp3) is 0.588. The SMILES string of the molecule is N#Cc1cccc(CN2CCCN([C@H]3COC[C@@H]3O)CC2)c1. The van der Waals surface area contributed by atoms with Crippen molar-refractivity contribution in [3.63, 3.8) is 0 Å². The molecule has 1 aromatic rings. The molecule has 0 aromatic heterocycles. The fourth-order valence-electron chi connectivity index (χ4n) is 3.36. The third-order valence-corrected chi connectivity index (χ3v) is 4.58. The number of benzene rings is 1. The van der Waals surface area contributed by atoms with Crippen LogP contribution in [0.5, 0.6) is 0 Å². The minimum Gasteiger partial charge on any atom is -0.389 e. The Morgan fingerprint density at radius 3 is 2.91 bits per heavy atom. The number of rotatable bonds is 3. The molecule has 2 heterocycles. The van der Waals surface area contributed by atoms with Crippen LogP contribution in [0.2, 0.25) is 0 Å². The molecule has 1 N–H and O–H groups in total. The summed E-state index contributed by atoms with van der Waals surface area (Å²) >= 11 is 0. The van der Waals surface area contributed by atoms with Crippen LogP contribution in [0.25, 0.3) is 0 Å². The van der Waals surface area contributed by atoms with E-state index in [4.69, 9.17) is 10.00 Å². The number of hydrogen-bond acceptors (Lipinski definition) is 5. The van der Waals surface area contributed by atoms with Crippen molar-refractivity contribution in [1.29, 1.82) is 5.26 Å². The minimum absolute atomic E-state index is 0.155. The Kier molecular flexibility index (Phi) is 5.06. The maximum atomic E-state index is 9.98. The van der Waals surface area contributed by atoms with Gasteiger partial charge in [0, 0.05) is 19.6 Å². The topological polar surface area (TPSA) is 59.7 Å². The Morgan fingerprint density at radius 2 is 2.14 bits per heavy atom. The number of aliphatic hydroxyl groups excluding tert-OH is 1. The molecule has 0 unspecified atom stereocenters. The minimum atomic E-state index is -0.348. The summed E-state index contributed by atoms with van der Waals surface area (Å²) in [6, 6.07) is 10.2. The third kappa shape index (κ3) is 3.65. The molecule has 5 heteroatoms. The van der Waals surface area contributed by atoms with Crippen LogP contribution in [-0.2, 0) is 11.3 Å². The van der Waals surface area contributed by atoms with Crippen LogP contribution in [-0.4, -0.2) is 66.4 Å². The first kappa shape index (κ1) is 15.4. The second-order valence-corrected chi connectivity index (χ2v) is 6.15. The quantitative estimate of drug-likeness (QED) is 0.896. The van der Waals surface area contributed by atoms with Crippen LogP contribution in [0.4, 0.5) is 0 Å². The third-order valence-electron chi connectivity index (χ3n) is 4.58. The zero-order valence-corrected chi connectivity index (χ0v) is 12.8. The van der Waals surface area contributed by atoms with Crippen molar-refractivity contribution >= 4 is 0 Å². The van der Waals surface area contributed by atoms with Crippen LogP contribution in [0.15, 0.2) is 24.3 Å². The highest BCUT2D eigenvalue weighted by molar-refractivity contribution is 5.32. The summed E-state index contributed by atoms with van der Waals surface area (Å²) in [6.07, 6.45) is 0.750. The first-order valence-electron chi connectivity index (χ1n) is 7.97. The van der Waals surface area contributed by atoms with Crippen molar-refractivity contribution < 1.29 is 9.84 Å². The Balaban J connectivity index is 1.57. The van der Waals surface area contributed by atoms with Gasteiger partial charge < -0.3 is 9.84 Å². The van der Waals surface area contributed by atoms with Gasteiger partial charge in [0.1, 0.15) is 0 Å². The standard InChI is InChI=1S/C17H23N3O2/c18-10-14-3-1-4-15(9-14)11-19-5-2-6-20(8-7-19)16-12-22-13-17(16)21/h1,3-4,9,16-17,21H,2,5-8,11-13H2/t16-,17-/m0/s1. The van der Waals surface area contributed by atoms with E-state index in [9.17, 15) is 5.11 Å². The monoisotopic (exact) mass is 301 g/mol. The summed E-state index contributed by atoms with van der Waals surface area (Å²) in [6.45, 7) is 6.00. The van der Waals surface area contributed by atoms with E-state index in [2.05, 4.69) is 21.9 Å². The second-order valence-electron chi connectivity index (χ2n) is 6.15. The van der Waals surface area contributed by atoms with Crippen molar-refractivity contribution in [2.45, 2.75) is 25.1 Å². The number of aliphatic hydroxyl groups is 1. The van der Waals surface area contributed by atoms with E-state index in [1.807, 2.05) is 18.2 Å². The summed E-state index contributed by atoms with van der Waals surface area (Å²) in [5, 5.41) is 19.0. The molecular formula is C17H23N3O2. The summed E-state index contributed by atoms with van der Waals surface area (Å²) in [4.78, 5) is 4.79.